The van der Waals surface area contributed by atoms with Crippen molar-refractivity contribution in [1.82, 2.24) is 10.2 Å². The van der Waals surface area contributed by atoms with Crippen molar-refractivity contribution in [3.05, 3.63) is 35.4 Å². The van der Waals surface area contributed by atoms with Gasteiger partial charge in [-0.1, -0.05) is 65.8 Å². The number of hydrogen-bond donors (Lipinski definition) is 1. The first kappa shape index (κ1) is 22.7. The zero-order valence-electron chi connectivity index (χ0n) is 15.5. The molecule has 1 N–H and O–H groups in total. The molecule has 1 heterocycles. The van der Waals surface area contributed by atoms with Gasteiger partial charge in [0.25, 0.3) is 0 Å². The molecule has 1 saturated heterocycles. The van der Waals surface area contributed by atoms with Gasteiger partial charge in [-0.2, -0.15) is 0 Å². The predicted octanol–water partition coefficient (Wildman–Crippen LogP) is 4.82. The summed E-state index contributed by atoms with van der Waals surface area (Å²) < 4.78 is 0. The maximum Gasteiger partial charge on any atom is 0.0397 e. The Labute approximate surface area is 155 Å². The van der Waals surface area contributed by atoms with Crippen molar-refractivity contribution in [2.24, 2.45) is 5.41 Å². The molecule has 0 radical (unpaired) electrons. The molecular formula is C19H34Cl2N2. The lowest BCUT2D eigenvalue weighted by Gasteiger charge is -2.42. The van der Waals surface area contributed by atoms with Crippen LogP contribution in [0.4, 0.5) is 0 Å². The average molecular weight is 361 g/mol. The molecule has 0 spiro atoms. The van der Waals surface area contributed by atoms with Gasteiger partial charge in [-0.3, -0.25) is 4.90 Å². The minimum absolute atomic E-state index is 0. The molecule has 1 aromatic carbocycles. The zero-order valence-corrected chi connectivity index (χ0v) is 17.1. The van der Waals surface area contributed by atoms with E-state index in [1.54, 1.807) is 0 Å². The minimum atomic E-state index is 0. The number of hydrogen-bond acceptors (Lipinski definition) is 2. The van der Waals surface area contributed by atoms with Crippen LogP contribution in [0, 0.1) is 5.41 Å². The molecule has 2 nitrogen and oxygen atoms in total. The molecule has 0 aromatic heterocycles. The fourth-order valence-electron chi connectivity index (χ4n) is 3.36. The third-order valence-electron chi connectivity index (χ3n) is 4.43. The third kappa shape index (κ3) is 5.94. The van der Waals surface area contributed by atoms with Gasteiger partial charge in [0, 0.05) is 32.2 Å². The van der Waals surface area contributed by atoms with E-state index in [0.29, 0.717) is 6.04 Å². The second kappa shape index (κ2) is 8.71. The topological polar surface area (TPSA) is 15.3 Å². The van der Waals surface area contributed by atoms with Crippen LogP contribution in [0.15, 0.2) is 24.3 Å². The summed E-state index contributed by atoms with van der Waals surface area (Å²) in [6.45, 7) is 18.4. The lowest BCUT2D eigenvalue weighted by Crippen LogP contribution is -2.48. The second-order valence-electron chi connectivity index (χ2n) is 8.43. The van der Waals surface area contributed by atoms with E-state index in [0.717, 1.165) is 26.2 Å². The lowest BCUT2D eigenvalue weighted by molar-refractivity contribution is 0.0862. The number of nitrogens with one attached hydrogen (secondary N) is 1. The van der Waals surface area contributed by atoms with Crippen LogP contribution in [0.2, 0.25) is 0 Å². The highest BCUT2D eigenvalue weighted by molar-refractivity contribution is 5.85. The number of halogens is 2. The Bertz CT molecular complexity index is 452. The zero-order chi connectivity index (χ0) is 15.7. The Morgan fingerprint density at radius 2 is 1.35 bits per heavy atom. The number of rotatable bonds is 2. The standard InChI is InChI=1S/C19H32N2.2ClH/c1-18(2,3)16-9-7-15(8-10-16)17(19(4,5)6)21-13-11-20-12-14-21;;/h7-10,17,20H,11-14H2,1-6H3;2*1H/t17-;;/m1../s1. The molecule has 0 aliphatic carbocycles. The molecule has 0 saturated carbocycles. The van der Waals surface area contributed by atoms with E-state index in [9.17, 15) is 0 Å². The normalized spacial score (nSPS) is 17.8. The predicted molar refractivity (Wildman–Crippen MR) is 106 cm³/mol. The number of benzene rings is 1. The summed E-state index contributed by atoms with van der Waals surface area (Å²) in [4.78, 5) is 2.64. The van der Waals surface area contributed by atoms with Crippen LogP contribution in [-0.2, 0) is 5.41 Å². The van der Waals surface area contributed by atoms with Gasteiger partial charge < -0.3 is 5.32 Å². The molecule has 134 valence electrons. The molecule has 0 amide bonds. The highest BCUT2D eigenvalue weighted by Crippen LogP contribution is 2.38. The summed E-state index contributed by atoms with van der Waals surface area (Å²) in [5, 5.41) is 3.46. The van der Waals surface area contributed by atoms with E-state index in [1.165, 1.54) is 11.1 Å². The van der Waals surface area contributed by atoms with Crippen LogP contribution < -0.4 is 5.32 Å². The molecule has 1 aliphatic heterocycles. The Kier molecular flexibility index (Phi) is 8.60. The van der Waals surface area contributed by atoms with Gasteiger partial charge in [-0.15, -0.1) is 24.8 Å². The number of piperazine rings is 1. The highest BCUT2D eigenvalue weighted by atomic mass is 35.5. The van der Waals surface area contributed by atoms with Gasteiger partial charge >= 0.3 is 0 Å². The maximum absolute atomic E-state index is 3.46. The van der Waals surface area contributed by atoms with Gasteiger partial charge in [-0.25, -0.2) is 0 Å². The monoisotopic (exact) mass is 360 g/mol. The Balaban J connectivity index is 0.00000242. The summed E-state index contributed by atoms with van der Waals surface area (Å²) in [6, 6.07) is 9.82. The van der Waals surface area contributed by atoms with Crippen molar-refractivity contribution in [2.45, 2.75) is 53.0 Å². The summed E-state index contributed by atoms with van der Waals surface area (Å²) in [6.07, 6.45) is 0. The highest BCUT2D eigenvalue weighted by Gasteiger charge is 2.32. The molecule has 1 atom stereocenters. The lowest BCUT2D eigenvalue weighted by atomic mass is 9.79. The molecule has 1 fully saturated rings. The fourth-order valence-corrected chi connectivity index (χ4v) is 3.36. The van der Waals surface area contributed by atoms with Crippen LogP contribution in [0.3, 0.4) is 0 Å². The van der Waals surface area contributed by atoms with Gasteiger partial charge in [-0.05, 0) is 22.0 Å². The SMILES string of the molecule is CC(C)(C)c1ccc([C@@H](N2CCNCC2)C(C)(C)C)cc1.Cl.Cl. The summed E-state index contributed by atoms with van der Waals surface area (Å²) in [5.74, 6) is 0. The molecule has 23 heavy (non-hydrogen) atoms. The first-order valence-electron chi connectivity index (χ1n) is 8.25. The first-order valence-corrected chi connectivity index (χ1v) is 8.25. The van der Waals surface area contributed by atoms with E-state index < -0.39 is 0 Å². The van der Waals surface area contributed by atoms with Gasteiger partial charge in [0.05, 0.1) is 0 Å². The van der Waals surface area contributed by atoms with Gasteiger partial charge in [0.15, 0.2) is 0 Å². The molecule has 0 bridgehead atoms. The van der Waals surface area contributed by atoms with Crippen molar-refractivity contribution >= 4 is 24.8 Å². The summed E-state index contributed by atoms with van der Waals surface area (Å²) in [5.41, 5.74) is 3.35. The Morgan fingerprint density at radius 1 is 0.870 bits per heavy atom. The van der Waals surface area contributed by atoms with Gasteiger partial charge in [0.1, 0.15) is 0 Å². The quantitative estimate of drug-likeness (QED) is 0.812. The maximum atomic E-state index is 3.46. The van der Waals surface area contributed by atoms with Crippen molar-refractivity contribution in [3.8, 4) is 0 Å². The van der Waals surface area contributed by atoms with Crippen molar-refractivity contribution in [3.63, 3.8) is 0 Å². The van der Waals surface area contributed by atoms with E-state index in [-0.39, 0.29) is 35.6 Å². The Hall–Kier alpha value is -0.280. The van der Waals surface area contributed by atoms with Crippen molar-refractivity contribution in [2.75, 3.05) is 26.2 Å². The molecule has 1 aliphatic rings. The van der Waals surface area contributed by atoms with E-state index in [1.807, 2.05) is 0 Å². The van der Waals surface area contributed by atoms with Crippen LogP contribution in [0.5, 0.6) is 0 Å². The van der Waals surface area contributed by atoms with Gasteiger partial charge in [0.2, 0.25) is 0 Å². The molecule has 4 heteroatoms. The fraction of sp³-hybridized carbons (Fsp3) is 0.684. The van der Waals surface area contributed by atoms with E-state index in [4.69, 9.17) is 0 Å². The smallest absolute Gasteiger partial charge is 0.0397 e. The van der Waals surface area contributed by atoms with Crippen LogP contribution in [0.1, 0.15) is 58.7 Å². The average Bonchev–Trinajstić information content (AvgIpc) is 2.38. The molecule has 2 rings (SSSR count). The molecule has 1 aromatic rings. The minimum Gasteiger partial charge on any atom is -0.314 e. The van der Waals surface area contributed by atoms with E-state index >= 15 is 0 Å². The summed E-state index contributed by atoms with van der Waals surface area (Å²) >= 11 is 0. The van der Waals surface area contributed by atoms with Crippen LogP contribution in [-0.4, -0.2) is 31.1 Å². The van der Waals surface area contributed by atoms with Crippen molar-refractivity contribution in [1.29, 1.82) is 0 Å². The third-order valence-corrected chi connectivity index (χ3v) is 4.43. The number of nitrogens with zero attached hydrogens (tertiary/aromatic N) is 1. The second-order valence-corrected chi connectivity index (χ2v) is 8.43. The first-order chi connectivity index (χ1) is 9.69. The van der Waals surface area contributed by atoms with Crippen LogP contribution in [0.25, 0.3) is 0 Å². The van der Waals surface area contributed by atoms with E-state index in [2.05, 4.69) is 76.0 Å². The largest absolute Gasteiger partial charge is 0.314 e. The Morgan fingerprint density at radius 3 is 1.74 bits per heavy atom. The molecule has 0 unspecified atom stereocenters. The molecular weight excluding hydrogens is 327 g/mol. The van der Waals surface area contributed by atoms with Crippen molar-refractivity contribution < 1.29 is 0 Å². The summed E-state index contributed by atoms with van der Waals surface area (Å²) in [7, 11) is 0. The van der Waals surface area contributed by atoms with Crippen LogP contribution >= 0.6 is 24.8 Å².